The minimum atomic E-state index is -2.70. The van der Waals surface area contributed by atoms with Gasteiger partial charge in [-0.25, -0.2) is 19.2 Å². The first-order chi connectivity index (χ1) is 9.40. The maximum Gasteiger partial charge on any atom is 0.256 e. The van der Waals surface area contributed by atoms with Crippen molar-refractivity contribution in [3.8, 4) is 0 Å². The van der Waals surface area contributed by atoms with Crippen molar-refractivity contribution in [1.82, 2.24) is 4.90 Å². The normalized spacial score (nSPS) is 18.6. The zero-order chi connectivity index (χ0) is 14.9. The maximum absolute atomic E-state index is 13.9. The molecule has 0 saturated carbocycles. The first kappa shape index (κ1) is 19.4. The number of carbonyl (C=O) groups excluding carboxylic acids is 1. The Kier molecular flexibility index (Phi) is 7.63. The van der Waals surface area contributed by atoms with Gasteiger partial charge in [0.15, 0.2) is 0 Å². The van der Waals surface area contributed by atoms with Crippen LogP contribution in [0.4, 0.5) is 13.2 Å². The van der Waals surface area contributed by atoms with Crippen molar-refractivity contribution in [2.75, 3.05) is 6.54 Å². The standard InChI is InChI=1S/C13H9ClF3INO.Y/c14-7-1-2-8(9(15)5-7)11-4-3-10(18)13(20)19(11)6-12(16)17;/h1-2,5,10,12H,3,6H2;/q-1;. The Morgan fingerprint density at radius 3 is 2.71 bits per heavy atom. The number of halogens is 5. The Morgan fingerprint density at radius 1 is 1.48 bits per heavy atom. The summed E-state index contributed by atoms with van der Waals surface area (Å²) in [5.74, 6) is -1.13. The molecule has 0 spiro atoms. The molecule has 1 aromatic rings. The summed E-state index contributed by atoms with van der Waals surface area (Å²) in [6.45, 7) is -0.775. The van der Waals surface area contributed by atoms with Crippen molar-refractivity contribution >= 4 is 45.8 Å². The van der Waals surface area contributed by atoms with Gasteiger partial charge < -0.3 is 4.90 Å². The van der Waals surface area contributed by atoms with E-state index in [0.29, 0.717) is 0 Å². The summed E-state index contributed by atoms with van der Waals surface area (Å²) in [5.41, 5.74) is 0.101. The van der Waals surface area contributed by atoms with Crippen LogP contribution in [0.15, 0.2) is 18.2 Å². The molecule has 0 saturated heterocycles. The molecule has 0 fully saturated rings. The van der Waals surface area contributed by atoms with Gasteiger partial charge in [0.05, 0.1) is 16.3 Å². The Labute approximate surface area is 164 Å². The Morgan fingerprint density at radius 2 is 2.14 bits per heavy atom. The number of rotatable bonds is 3. The zero-order valence-corrected chi connectivity index (χ0v) is 16.4. The van der Waals surface area contributed by atoms with Gasteiger partial charge >= 0.3 is 0 Å². The smallest absolute Gasteiger partial charge is 0.256 e. The van der Waals surface area contributed by atoms with Crippen molar-refractivity contribution in [2.45, 2.75) is 16.8 Å². The van der Waals surface area contributed by atoms with Crippen LogP contribution in [0.25, 0.3) is 5.70 Å². The topological polar surface area (TPSA) is 20.3 Å². The van der Waals surface area contributed by atoms with E-state index in [1.54, 1.807) is 0 Å². The van der Waals surface area contributed by atoms with E-state index < -0.39 is 28.6 Å². The minimum absolute atomic E-state index is 0. The molecule has 1 aromatic carbocycles. The van der Waals surface area contributed by atoms with Crippen molar-refractivity contribution in [1.29, 1.82) is 0 Å². The Balaban J connectivity index is 0.00000220. The summed E-state index contributed by atoms with van der Waals surface area (Å²) in [7, 11) is 0. The molecule has 1 heterocycles. The van der Waals surface area contributed by atoms with Gasteiger partial charge in [0.2, 0.25) is 5.91 Å². The predicted octanol–water partition coefficient (Wildman–Crippen LogP) is 3.92. The molecule has 1 radical (unpaired) electrons. The van der Waals surface area contributed by atoms with Gasteiger partial charge in [0.1, 0.15) is 0 Å². The first-order valence-corrected chi connectivity index (χ1v) is 7.32. The Bertz CT molecular complexity index is 570. The summed E-state index contributed by atoms with van der Waals surface area (Å²) >= 11 is 7.52. The van der Waals surface area contributed by atoms with E-state index in [2.05, 4.69) is 6.08 Å². The SMILES string of the molecule is O=C1C(I)C[C-]=C(c2ccc(Cl)cc2F)N1CC(F)F.[Y]. The number of alkyl halides is 3. The molecule has 0 aromatic heterocycles. The molecule has 1 aliphatic rings. The third-order valence-corrected chi connectivity index (χ3v) is 3.97. The molecule has 1 amide bonds. The van der Waals surface area contributed by atoms with Crippen LogP contribution in [0.3, 0.4) is 0 Å². The van der Waals surface area contributed by atoms with Crippen LogP contribution in [0.1, 0.15) is 12.0 Å². The average Bonchev–Trinajstić information content (AvgIpc) is 2.36. The number of hydrogen-bond donors (Lipinski definition) is 0. The second kappa shape index (κ2) is 8.27. The number of hydrogen-bond acceptors (Lipinski definition) is 1. The van der Waals surface area contributed by atoms with Crippen molar-refractivity contribution in [3.05, 3.63) is 40.7 Å². The molecule has 1 aliphatic heterocycles. The van der Waals surface area contributed by atoms with E-state index in [1.165, 1.54) is 12.1 Å². The molecule has 21 heavy (non-hydrogen) atoms. The van der Waals surface area contributed by atoms with Crippen molar-refractivity contribution < 1.29 is 50.7 Å². The zero-order valence-electron chi connectivity index (χ0n) is 10.6. The van der Waals surface area contributed by atoms with Gasteiger partial charge in [-0.2, -0.15) is 0 Å². The van der Waals surface area contributed by atoms with Crippen LogP contribution < -0.4 is 0 Å². The molecule has 2 nitrogen and oxygen atoms in total. The van der Waals surface area contributed by atoms with Gasteiger partial charge in [0, 0.05) is 37.7 Å². The van der Waals surface area contributed by atoms with Crippen LogP contribution in [0, 0.1) is 11.9 Å². The first-order valence-electron chi connectivity index (χ1n) is 5.70. The second-order valence-electron chi connectivity index (χ2n) is 4.16. The van der Waals surface area contributed by atoms with E-state index in [9.17, 15) is 18.0 Å². The molecule has 0 N–H and O–H groups in total. The van der Waals surface area contributed by atoms with E-state index in [4.69, 9.17) is 11.6 Å². The van der Waals surface area contributed by atoms with E-state index in [0.717, 1.165) is 11.0 Å². The second-order valence-corrected chi connectivity index (χ2v) is 6.10. The summed E-state index contributed by atoms with van der Waals surface area (Å²) in [6, 6.07) is 3.88. The maximum atomic E-state index is 13.9. The molecule has 111 valence electrons. The molecule has 1 unspecified atom stereocenters. The van der Waals surface area contributed by atoms with Gasteiger partial charge in [-0.1, -0.05) is 46.7 Å². The monoisotopic (exact) mass is 503 g/mol. The molecule has 2 rings (SSSR count). The third kappa shape index (κ3) is 4.66. The Hall–Kier alpha value is 0.344. The van der Waals surface area contributed by atoms with Crippen LogP contribution in [0.5, 0.6) is 0 Å². The van der Waals surface area contributed by atoms with Crippen LogP contribution in [-0.4, -0.2) is 27.7 Å². The van der Waals surface area contributed by atoms with Gasteiger partial charge in [-0.3, -0.25) is 4.79 Å². The molecule has 0 aliphatic carbocycles. The van der Waals surface area contributed by atoms with Gasteiger partial charge in [-0.05, 0) is 6.07 Å². The van der Waals surface area contributed by atoms with E-state index >= 15 is 0 Å². The van der Waals surface area contributed by atoms with Crippen molar-refractivity contribution in [2.24, 2.45) is 0 Å². The number of nitrogens with zero attached hydrogens (tertiary/aromatic N) is 1. The fraction of sp³-hybridized carbons (Fsp3) is 0.308. The minimum Gasteiger partial charge on any atom is -0.341 e. The van der Waals surface area contributed by atoms with Gasteiger partial charge in [-0.15, -0.1) is 17.3 Å². The van der Waals surface area contributed by atoms with Crippen LogP contribution in [0.2, 0.25) is 5.02 Å². The van der Waals surface area contributed by atoms with E-state index in [-0.39, 0.29) is 55.4 Å². The molecular formula is C13H9ClF3INOY-. The quantitative estimate of drug-likeness (QED) is 0.348. The number of carbonyl (C=O) groups is 1. The molecule has 1 atom stereocenters. The number of amides is 1. The summed E-state index contributed by atoms with van der Waals surface area (Å²) in [5, 5.41) is 0.196. The van der Waals surface area contributed by atoms with Gasteiger partial charge in [0.25, 0.3) is 6.43 Å². The van der Waals surface area contributed by atoms with E-state index in [1.807, 2.05) is 22.6 Å². The molecule has 0 bridgehead atoms. The molecule has 8 heteroatoms. The number of benzene rings is 1. The van der Waals surface area contributed by atoms with Crippen LogP contribution >= 0.6 is 34.2 Å². The third-order valence-electron chi connectivity index (χ3n) is 2.76. The number of allylic oxidation sites excluding steroid dienone is 1. The predicted molar refractivity (Wildman–Crippen MR) is 78.2 cm³/mol. The molecular weight excluding hydrogens is 494 g/mol. The summed E-state index contributed by atoms with van der Waals surface area (Å²) in [6.07, 6.45) is 0.389. The largest absolute Gasteiger partial charge is 0.341 e. The van der Waals surface area contributed by atoms with Crippen molar-refractivity contribution in [3.63, 3.8) is 0 Å². The van der Waals surface area contributed by atoms with Crippen LogP contribution in [-0.2, 0) is 37.5 Å². The summed E-state index contributed by atoms with van der Waals surface area (Å²) in [4.78, 5) is 12.9. The fourth-order valence-electron chi connectivity index (χ4n) is 1.89. The average molecular weight is 503 g/mol. The fourth-order valence-corrected chi connectivity index (χ4v) is 2.60. The summed E-state index contributed by atoms with van der Waals surface area (Å²) < 4.78 is 38.7.